The fraction of sp³-hybridized carbons (Fsp3) is 0.174. The van der Waals surface area contributed by atoms with Crippen LogP contribution in [-0.4, -0.2) is 25.5 Å². The summed E-state index contributed by atoms with van der Waals surface area (Å²) in [7, 11) is 0. The number of aromatic nitrogens is 4. The van der Waals surface area contributed by atoms with E-state index in [0.29, 0.717) is 18.7 Å². The SMILES string of the molecule is CCc1c(C(=O)NCc2cnn(-c3ccccc3)c2)cnn1Cc1ccccc1. The van der Waals surface area contributed by atoms with Gasteiger partial charge >= 0.3 is 0 Å². The van der Waals surface area contributed by atoms with Crippen molar-refractivity contribution < 1.29 is 4.79 Å². The number of nitrogens with zero attached hydrogens (tertiary/aromatic N) is 4. The first kappa shape index (κ1) is 18.7. The first-order valence-electron chi connectivity index (χ1n) is 9.70. The number of hydrogen-bond donors (Lipinski definition) is 1. The normalized spacial score (nSPS) is 10.8. The third-order valence-electron chi connectivity index (χ3n) is 4.81. The van der Waals surface area contributed by atoms with E-state index in [-0.39, 0.29) is 5.91 Å². The number of carbonyl (C=O) groups excluding carboxylic acids is 1. The van der Waals surface area contributed by atoms with Crippen molar-refractivity contribution in [3.05, 3.63) is 102 Å². The fourth-order valence-corrected chi connectivity index (χ4v) is 3.32. The predicted molar refractivity (Wildman–Crippen MR) is 112 cm³/mol. The Labute approximate surface area is 169 Å². The van der Waals surface area contributed by atoms with Gasteiger partial charge in [-0.25, -0.2) is 4.68 Å². The van der Waals surface area contributed by atoms with Crippen LogP contribution in [0.3, 0.4) is 0 Å². The average Bonchev–Trinajstić information content (AvgIpc) is 3.40. The van der Waals surface area contributed by atoms with Gasteiger partial charge < -0.3 is 5.32 Å². The van der Waals surface area contributed by atoms with Gasteiger partial charge in [0, 0.05) is 18.3 Å². The Hall–Kier alpha value is -3.67. The van der Waals surface area contributed by atoms with Gasteiger partial charge in [0.05, 0.1) is 35.9 Å². The third kappa shape index (κ3) is 4.27. The molecule has 146 valence electrons. The van der Waals surface area contributed by atoms with Gasteiger partial charge in [0.15, 0.2) is 0 Å². The molecule has 2 aromatic heterocycles. The summed E-state index contributed by atoms with van der Waals surface area (Å²) in [6.45, 7) is 3.11. The number of para-hydroxylation sites is 1. The summed E-state index contributed by atoms with van der Waals surface area (Å²) in [4.78, 5) is 12.7. The molecule has 29 heavy (non-hydrogen) atoms. The minimum atomic E-state index is -0.117. The monoisotopic (exact) mass is 385 g/mol. The topological polar surface area (TPSA) is 64.7 Å². The Morgan fingerprint density at radius 1 is 0.931 bits per heavy atom. The van der Waals surface area contributed by atoms with Gasteiger partial charge in [-0.2, -0.15) is 10.2 Å². The molecule has 0 aliphatic rings. The molecule has 6 nitrogen and oxygen atoms in total. The van der Waals surface area contributed by atoms with Gasteiger partial charge in [-0.15, -0.1) is 0 Å². The summed E-state index contributed by atoms with van der Waals surface area (Å²) in [5, 5.41) is 11.8. The average molecular weight is 385 g/mol. The first-order chi connectivity index (χ1) is 14.2. The molecule has 0 unspecified atom stereocenters. The summed E-state index contributed by atoms with van der Waals surface area (Å²) in [5.41, 5.74) is 4.65. The minimum Gasteiger partial charge on any atom is -0.348 e. The number of hydrogen-bond acceptors (Lipinski definition) is 3. The maximum Gasteiger partial charge on any atom is 0.255 e. The summed E-state index contributed by atoms with van der Waals surface area (Å²) in [6.07, 6.45) is 6.09. The van der Waals surface area contributed by atoms with Crippen LogP contribution in [0.15, 0.2) is 79.3 Å². The van der Waals surface area contributed by atoms with E-state index >= 15 is 0 Å². The van der Waals surface area contributed by atoms with Crippen molar-refractivity contribution in [2.75, 3.05) is 0 Å². The summed E-state index contributed by atoms with van der Waals surface area (Å²) in [6, 6.07) is 20.0. The zero-order chi connectivity index (χ0) is 20.1. The van der Waals surface area contributed by atoms with E-state index in [1.807, 2.05) is 66.3 Å². The number of amides is 1. The molecule has 4 aromatic rings. The molecule has 0 bridgehead atoms. The van der Waals surface area contributed by atoms with Gasteiger partial charge in [0.25, 0.3) is 5.91 Å². The molecule has 0 spiro atoms. The molecule has 0 atom stereocenters. The molecule has 0 radical (unpaired) electrons. The van der Waals surface area contributed by atoms with E-state index in [4.69, 9.17) is 0 Å². The van der Waals surface area contributed by atoms with E-state index in [1.54, 1.807) is 17.1 Å². The van der Waals surface area contributed by atoms with E-state index < -0.39 is 0 Å². The van der Waals surface area contributed by atoms with Crippen molar-refractivity contribution >= 4 is 5.91 Å². The minimum absolute atomic E-state index is 0.117. The van der Waals surface area contributed by atoms with Gasteiger partial charge in [0.1, 0.15) is 0 Å². The molecule has 0 saturated heterocycles. The van der Waals surface area contributed by atoms with Gasteiger partial charge in [-0.1, -0.05) is 55.5 Å². The lowest BCUT2D eigenvalue weighted by Gasteiger charge is -2.08. The van der Waals surface area contributed by atoms with Crippen molar-refractivity contribution in [3.63, 3.8) is 0 Å². The molecule has 4 rings (SSSR count). The molecule has 0 fully saturated rings. The lowest BCUT2D eigenvalue weighted by molar-refractivity contribution is 0.0950. The van der Waals surface area contributed by atoms with E-state index in [2.05, 4.69) is 27.6 Å². The van der Waals surface area contributed by atoms with Crippen molar-refractivity contribution in [3.8, 4) is 5.69 Å². The highest BCUT2D eigenvalue weighted by molar-refractivity contribution is 5.95. The number of nitrogens with one attached hydrogen (secondary N) is 1. The molecular formula is C23H23N5O. The van der Waals surface area contributed by atoms with E-state index in [9.17, 15) is 4.79 Å². The lowest BCUT2D eigenvalue weighted by Crippen LogP contribution is -2.23. The third-order valence-corrected chi connectivity index (χ3v) is 4.81. The van der Waals surface area contributed by atoms with Gasteiger partial charge in [-0.3, -0.25) is 9.48 Å². The molecule has 0 saturated carbocycles. The van der Waals surface area contributed by atoms with Crippen molar-refractivity contribution in [1.82, 2.24) is 24.9 Å². The maximum atomic E-state index is 12.7. The van der Waals surface area contributed by atoms with E-state index in [1.165, 1.54) is 0 Å². The van der Waals surface area contributed by atoms with Crippen LogP contribution in [0.4, 0.5) is 0 Å². The van der Waals surface area contributed by atoms with Crippen molar-refractivity contribution in [1.29, 1.82) is 0 Å². The maximum absolute atomic E-state index is 12.7. The largest absolute Gasteiger partial charge is 0.348 e. The highest BCUT2D eigenvalue weighted by atomic mass is 16.1. The Balaban J connectivity index is 1.43. The van der Waals surface area contributed by atoms with Crippen LogP contribution < -0.4 is 5.32 Å². The zero-order valence-electron chi connectivity index (χ0n) is 16.3. The van der Waals surface area contributed by atoms with Crippen LogP contribution in [0.25, 0.3) is 5.69 Å². The fourth-order valence-electron chi connectivity index (χ4n) is 3.32. The predicted octanol–water partition coefficient (Wildman–Crippen LogP) is 3.61. The molecular weight excluding hydrogens is 362 g/mol. The van der Waals surface area contributed by atoms with Crippen LogP contribution in [0.1, 0.15) is 34.1 Å². The van der Waals surface area contributed by atoms with Crippen LogP contribution in [0.2, 0.25) is 0 Å². The Morgan fingerprint density at radius 3 is 2.38 bits per heavy atom. The van der Waals surface area contributed by atoms with Crippen molar-refractivity contribution in [2.45, 2.75) is 26.4 Å². The summed E-state index contributed by atoms with van der Waals surface area (Å²) < 4.78 is 3.70. The summed E-state index contributed by atoms with van der Waals surface area (Å²) in [5.74, 6) is -0.117. The number of benzene rings is 2. The molecule has 2 aromatic carbocycles. The number of rotatable bonds is 7. The molecule has 0 aliphatic heterocycles. The second kappa shape index (κ2) is 8.56. The Bertz CT molecular complexity index is 1080. The standard InChI is InChI=1S/C23H23N5O/c1-2-22-21(15-26-28(22)16-18-9-5-3-6-10-18)23(29)24-13-19-14-25-27(17-19)20-11-7-4-8-12-20/h3-12,14-15,17H,2,13,16H2,1H3,(H,24,29). The van der Waals surface area contributed by atoms with E-state index in [0.717, 1.165) is 28.9 Å². The zero-order valence-corrected chi connectivity index (χ0v) is 16.3. The highest BCUT2D eigenvalue weighted by Gasteiger charge is 2.16. The molecule has 6 heteroatoms. The van der Waals surface area contributed by atoms with Gasteiger partial charge in [0.2, 0.25) is 0 Å². The molecule has 1 amide bonds. The molecule has 2 heterocycles. The highest BCUT2D eigenvalue weighted by Crippen LogP contribution is 2.13. The van der Waals surface area contributed by atoms with Crippen molar-refractivity contribution in [2.24, 2.45) is 0 Å². The quantitative estimate of drug-likeness (QED) is 0.529. The first-order valence-corrected chi connectivity index (χ1v) is 9.70. The second-order valence-corrected chi connectivity index (χ2v) is 6.81. The lowest BCUT2D eigenvalue weighted by atomic mass is 10.1. The van der Waals surface area contributed by atoms with Crippen LogP contribution >= 0.6 is 0 Å². The number of carbonyl (C=O) groups is 1. The van der Waals surface area contributed by atoms with Crippen LogP contribution in [-0.2, 0) is 19.5 Å². The van der Waals surface area contributed by atoms with Gasteiger partial charge in [-0.05, 0) is 24.1 Å². The van der Waals surface area contributed by atoms with Crippen LogP contribution in [0.5, 0.6) is 0 Å². The second-order valence-electron chi connectivity index (χ2n) is 6.81. The molecule has 1 N–H and O–H groups in total. The molecule has 0 aliphatic carbocycles. The summed E-state index contributed by atoms with van der Waals surface area (Å²) >= 11 is 0. The Morgan fingerprint density at radius 2 is 1.66 bits per heavy atom. The van der Waals surface area contributed by atoms with Crippen LogP contribution in [0, 0.1) is 0 Å². The smallest absolute Gasteiger partial charge is 0.255 e. The Kier molecular flexibility index (Phi) is 5.52.